The van der Waals surface area contributed by atoms with Crippen molar-refractivity contribution < 1.29 is 4.79 Å². The maximum atomic E-state index is 12.2. The van der Waals surface area contributed by atoms with E-state index < -0.39 is 0 Å². The van der Waals surface area contributed by atoms with Gasteiger partial charge in [-0.1, -0.05) is 33.6 Å². The molecule has 1 aromatic heterocycles. The number of hydrogen-bond donors (Lipinski definition) is 2. The average Bonchev–Trinajstić information content (AvgIpc) is 2.46. The number of nitrogens with zero attached hydrogens (tertiary/aromatic N) is 1. The number of carbonyl (C=O) groups excluding carboxylic acids is 1. The number of aromatic nitrogens is 1. The van der Waals surface area contributed by atoms with Crippen LogP contribution in [0.5, 0.6) is 0 Å². The van der Waals surface area contributed by atoms with Gasteiger partial charge in [-0.15, -0.1) is 0 Å². The molecule has 0 radical (unpaired) electrons. The molecular weight excluding hydrogens is 238 g/mol. The predicted molar refractivity (Wildman–Crippen MR) is 79.4 cm³/mol. The van der Waals surface area contributed by atoms with Crippen molar-refractivity contribution in [3.05, 3.63) is 24.0 Å². The molecule has 0 saturated carbocycles. The number of hydrogen-bond acceptors (Lipinski definition) is 3. The molecule has 0 atom stereocenters. The Bertz CT molecular complexity index is 389. The highest BCUT2D eigenvalue weighted by Crippen LogP contribution is 2.14. The van der Waals surface area contributed by atoms with E-state index in [9.17, 15) is 4.79 Å². The van der Waals surface area contributed by atoms with Crippen LogP contribution in [0.25, 0.3) is 0 Å². The molecule has 19 heavy (non-hydrogen) atoms. The van der Waals surface area contributed by atoms with Crippen molar-refractivity contribution in [3.63, 3.8) is 0 Å². The Morgan fingerprint density at radius 1 is 1.32 bits per heavy atom. The fourth-order valence-corrected chi connectivity index (χ4v) is 1.90. The molecule has 4 nitrogen and oxygen atoms in total. The minimum Gasteiger partial charge on any atom is -0.384 e. The average molecular weight is 263 g/mol. The highest BCUT2D eigenvalue weighted by molar-refractivity contribution is 5.99. The van der Waals surface area contributed by atoms with Gasteiger partial charge < -0.3 is 10.6 Å². The number of nitrogens with one attached hydrogen (secondary N) is 2. The molecule has 0 aliphatic heterocycles. The van der Waals surface area contributed by atoms with Crippen LogP contribution in [-0.2, 0) is 0 Å². The molecule has 0 aliphatic rings. The van der Waals surface area contributed by atoms with Crippen LogP contribution in [0.2, 0.25) is 0 Å². The number of carbonyl (C=O) groups is 1. The molecule has 0 unspecified atom stereocenters. The maximum Gasteiger partial charge on any atom is 0.254 e. The van der Waals surface area contributed by atoms with Crippen LogP contribution in [0.4, 0.5) is 5.69 Å². The zero-order valence-corrected chi connectivity index (χ0v) is 12.2. The van der Waals surface area contributed by atoms with Crippen LogP contribution in [-0.4, -0.2) is 24.0 Å². The summed E-state index contributed by atoms with van der Waals surface area (Å²) in [7, 11) is 0. The van der Waals surface area contributed by atoms with Crippen molar-refractivity contribution in [1.29, 1.82) is 0 Å². The van der Waals surface area contributed by atoms with E-state index in [1.54, 1.807) is 12.4 Å². The van der Waals surface area contributed by atoms with Gasteiger partial charge in [0.25, 0.3) is 5.91 Å². The third-order valence-electron chi connectivity index (χ3n) is 3.34. The van der Waals surface area contributed by atoms with Crippen LogP contribution < -0.4 is 10.6 Å². The zero-order valence-electron chi connectivity index (χ0n) is 12.2. The molecule has 0 saturated heterocycles. The van der Waals surface area contributed by atoms with E-state index >= 15 is 0 Å². The van der Waals surface area contributed by atoms with Crippen LogP contribution in [0, 0.1) is 5.92 Å². The fourth-order valence-electron chi connectivity index (χ4n) is 1.90. The lowest BCUT2D eigenvalue weighted by molar-refractivity contribution is 0.0947. The van der Waals surface area contributed by atoms with Crippen molar-refractivity contribution in [2.45, 2.75) is 40.0 Å². The zero-order chi connectivity index (χ0) is 14.1. The second kappa shape index (κ2) is 8.51. The van der Waals surface area contributed by atoms with Gasteiger partial charge in [0.05, 0.1) is 11.3 Å². The molecule has 2 N–H and O–H groups in total. The molecule has 106 valence electrons. The van der Waals surface area contributed by atoms with Gasteiger partial charge in [-0.05, 0) is 18.4 Å². The Hall–Kier alpha value is -1.58. The smallest absolute Gasteiger partial charge is 0.254 e. The van der Waals surface area contributed by atoms with Crippen molar-refractivity contribution in [2.24, 2.45) is 5.92 Å². The van der Waals surface area contributed by atoms with Crippen molar-refractivity contribution in [1.82, 2.24) is 10.3 Å². The van der Waals surface area contributed by atoms with Crippen molar-refractivity contribution in [3.8, 4) is 0 Å². The summed E-state index contributed by atoms with van der Waals surface area (Å²) in [6.07, 6.45) is 6.53. The first-order chi connectivity index (χ1) is 9.22. The molecule has 1 amide bonds. The molecule has 0 spiro atoms. The third kappa shape index (κ3) is 4.89. The Morgan fingerprint density at radius 2 is 2.05 bits per heavy atom. The van der Waals surface area contributed by atoms with Crippen molar-refractivity contribution in [2.75, 3.05) is 18.4 Å². The number of anilines is 1. The highest BCUT2D eigenvalue weighted by Gasteiger charge is 2.12. The Balaban J connectivity index is 2.65. The molecule has 1 aromatic rings. The monoisotopic (exact) mass is 263 g/mol. The summed E-state index contributed by atoms with van der Waals surface area (Å²) in [5.41, 5.74) is 1.49. The van der Waals surface area contributed by atoms with E-state index in [4.69, 9.17) is 0 Å². The first kappa shape index (κ1) is 15.5. The lowest BCUT2D eigenvalue weighted by Gasteiger charge is -2.15. The van der Waals surface area contributed by atoms with E-state index in [0.29, 0.717) is 11.5 Å². The summed E-state index contributed by atoms with van der Waals surface area (Å²) in [5, 5.41) is 6.26. The van der Waals surface area contributed by atoms with Gasteiger partial charge in [0.2, 0.25) is 0 Å². The van der Waals surface area contributed by atoms with Gasteiger partial charge in [-0.25, -0.2) is 0 Å². The van der Waals surface area contributed by atoms with E-state index in [1.165, 1.54) is 0 Å². The van der Waals surface area contributed by atoms with Gasteiger partial charge >= 0.3 is 0 Å². The summed E-state index contributed by atoms with van der Waals surface area (Å²) in [5.74, 6) is 0.506. The van der Waals surface area contributed by atoms with E-state index in [-0.39, 0.29) is 5.91 Å². The fraction of sp³-hybridized carbons (Fsp3) is 0.600. The summed E-state index contributed by atoms with van der Waals surface area (Å²) in [6.45, 7) is 7.99. The molecular formula is C15H25N3O. The predicted octanol–water partition coefficient (Wildman–Crippen LogP) is 3.07. The number of pyridine rings is 1. The summed E-state index contributed by atoms with van der Waals surface area (Å²) in [6, 6.07) is 1.85. The van der Waals surface area contributed by atoms with E-state index in [1.807, 2.05) is 6.07 Å². The standard InChI is InChI=1S/C15H25N3O/c1-4-8-17-14-7-9-16-11-13(14)15(19)18-10-12(5-2)6-3/h7,9,11-12H,4-6,8,10H2,1-3H3,(H,16,17)(H,18,19). The molecule has 0 fully saturated rings. The second-order valence-corrected chi connectivity index (χ2v) is 4.74. The van der Waals surface area contributed by atoms with Crippen molar-refractivity contribution >= 4 is 11.6 Å². The van der Waals surface area contributed by atoms with Gasteiger partial charge in [0.1, 0.15) is 0 Å². The Morgan fingerprint density at radius 3 is 2.68 bits per heavy atom. The first-order valence-electron chi connectivity index (χ1n) is 7.18. The number of rotatable bonds is 8. The second-order valence-electron chi connectivity index (χ2n) is 4.74. The Kier molecular flexibility index (Phi) is 6.93. The summed E-state index contributed by atoms with van der Waals surface area (Å²) >= 11 is 0. The maximum absolute atomic E-state index is 12.2. The van der Waals surface area contributed by atoms with Gasteiger partial charge in [0, 0.05) is 25.5 Å². The summed E-state index contributed by atoms with van der Waals surface area (Å²) < 4.78 is 0. The van der Waals surface area contributed by atoms with Gasteiger partial charge in [-0.2, -0.15) is 0 Å². The van der Waals surface area contributed by atoms with Crippen LogP contribution in [0.3, 0.4) is 0 Å². The highest BCUT2D eigenvalue weighted by atomic mass is 16.1. The molecule has 0 bridgehead atoms. The molecule has 1 rings (SSSR count). The normalized spacial score (nSPS) is 10.5. The van der Waals surface area contributed by atoms with E-state index in [0.717, 1.165) is 38.0 Å². The molecule has 4 heteroatoms. The van der Waals surface area contributed by atoms with Gasteiger partial charge in [0.15, 0.2) is 0 Å². The number of amides is 1. The largest absolute Gasteiger partial charge is 0.384 e. The summed E-state index contributed by atoms with van der Waals surface area (Å²) in [4.78, 5) is 16.2. The quantitative estimate of drug-likeness (QED) is 0.758. The first-order valence-corrected chi connectivity index (χ1v) is 7.18. The molecule has 0 aliphatic carbocycles. The minimum absolute atomic E-state index is 0.0430. The molecule has 0 aromatic carbocycles. The minimum atomic E-state index is -0.0430. The third-order valence-corrected chi connectivity index (χ3v) is 3.34. The van der Waals surface area contributed by atoms with E-state index in [2.05, 4.69) is 36.4 Å². The SMILES string of the molecule is CCCNc1ccncc1C(=O)NCC(CC)CC. The van der Waals surface area contributed by atoms with Gasteiger partial charge in [-0.3, -0.25) is 9.78 Å². The topological polar surface area (TPSA) is 54.0 Å². The van der Waals surface area contributed by atoms with Crippen LogP contribution in [0.15, 0.2) is 18.5 Å². The van der Waals surface area contributed by atoms with Crippen LogP contribution in [0.1, 0.15) is 50.4 Å². The Labute approximate surface area is 116 Å². The van der Waals surface area contributed by atoms with Crippen LogP contribution >= 0.6 is 0 Å². The molecule has 1 heterocycles. The lowest BCUT2D eigenvalue weighted by atomic mass is 10.0. The lowest BCUT2D eigenvalue weighted by Crippen LogP contribution is -2.29.